The van der Waals surface area contributed by atoms with Gasteiger partial charge in [0.15, 0.2) is 0 Å². The molecule has 18 heavy (non-hydrogen) atoms. The molecule has 0 heterocycles. The number of hydrogen-bond donors (Lipinski definition) is 1. The molecule has 1 N–H and O–H groups in total. The second kappa shape index (κ2) is 4.31. The minimum absolute atomic E-state index is 0.203. The minimum atomic E-state index is -2.93. The Bertz CT molecular complexity index is 505. The van der Waals surface area contributed by atoms with Gasteiger partial charge in [0.2, 0.25) is 0 Å². The molecule has 7 heteroatoms. The van der Waals surface area contributed by atoms with Crippen LogP contribution in [-0.2, 0) is 4.79 Å². The summed E-state index contributed by atoms with van der Waals surface area (Å²) in [6, 6.07) is 2.99. The van der Waals surface area contributed by atoms with E-state index in [1.165, 1.54) is 6.07 Å². The Kier molecular flexibility index (Phi) is 3.23. The van der Waals surface area contributed by atoms with Crippen molar-refractivity contribution < 1.29 is 23.1 Å². The number of halogens is 5. The van der Waals surface area contributed by atoms with Gasteiger partial charge in [-0.2, -0.15) is 0 Å². The molecule has 1 fully saturated rings. The van der Waals surface area contributed by atoms with Crippen LogP contribution in [0.1, 0.15) is 23.5 Å². The topological polar surface area (TPSA) is 37.3 Å². The summed E-state index contributed by atoms with van der Waals surface area (Å²) in [5, 5.41) is 8.85. The molecule has 1 saturated carbocycles. The average Bonchev–Trinajstić information content (AvgIpc) is 2.81. The summed E-state index contributed by atoms with van der Waals surface area (Å²) >= 11 is 11.5. The molecule has 2 rings (SSSR count). The molecule has 0 bridgehead atoms. The monoisotopic (exact) mass is 298 g/mol. The van der Waals surface area contributed by atoms with E-state index in [-0.39, 0.29) is 5.56 Å². The van der Waals surface area contributed by atoms with Gasteiger partial charge in [-0.05, 0) is 11.6 Å². The maximum Gasteiger partial charge on any atom is 0.310 e. The highest BCUT2D eigenvalue weighted by molar-refractivity contribution is 6.53. The molecule has 1 aliphatic carbocycles. The lowest BCUT2D eigenvalue weighted by atomic mass is 10.1. The molecule has 1 aliphatic rings. The van der Waals surface area contributed by atoms with Gasteiger partial charge in [0, 0.05) is 5.92 Å². The van der Waals surface area contributed by atoms with Crippen molar-refractivity contribution in [1.29, 1.82) is 0 Å². The molecule has 1 unspecified atom stereocenters. The van der Waals surface area contributed by atoms with Crippen molar-refractivity contribution in [3.8, 4) is 0 Å². The number of carboxylic acids is 1. The fraction of sp³-hybridized carbons (Fsp3) is 0.364. The largest absolute Gasteiger partial charge is 0.481 e. The van der Waals surface area contributed by atoms with Crippen molar-refractivity contribution in [2.75, 3.05) is 0 Å². The lowest BCUT2D eigenvalue weighted by Crippen LogP contribution is -2.03. The molecule has 0 saturated heterocycles. The summed E-state index contributed by atoms with van der Waals surface area (Å²) in [7, 11) is 0. The third kappa shape index (κ3) is 2.06. The van der Waals surface area contributed by atoms with Crippen LogP contribution in [0.15, 0.2) is 18.2 Å². The Hall–Kier alpha value is -0.940. The molecule has 98 valence electrons. The van der Waals surface area contributed by atoms with Gasteiger partial charge in [0.25, 0.3) is 6.43 Å². The summed E-state index contributed by atoms with van der Waals surface area (Å²) < 4.78 is 36.5. The van der Waals surface area contributed by atoms with E-state index in [2.05, 4.69) is 0 Å². The quantitative estimate of drug-likeness (QED) is 0.863. The van der Waals surface area contributed by atoms with Gasteiger partial charge < -0.3 is 5.11 Å². The number of carboxylic acid groups (broad SMARTS) is 1. The molecule has 0 amide bonds. The van der Waals surface area contributed by atoms with E-state index in [0.717, 1.165) is 12.1 Å². The Morgan fingerprint density at radius 3 is 2.39 bits per heavy atom. The molecular formula is C11H7Cl2F3O2. The summed E-state index contributed by atoms with van der Waals surface area (Å²) in [4.78, 5) is 10.8. The van der Waals surface area contributed by atoms with E-state index in [1.807, 2.05) is 0 Å². The predicted octanol–water partition coefficient (Wildman–Crippen LogP) is 3.74. The van der Waals surface area contributed by atoms with Gasteiger partial charge in [0.1, 0.15) is 10.2 Å². The van der Waals surface area contributed by atoms with Gasteiger partial charge in [-0.1, -0.05) is 35.3 Å². The van der Waals surface area contributed by atoms with E-state index >= 15 is 0 Å². The zero-order valence-corrected chi connectivity index (χ0v) is 10.2. The first-order chi connectivity index (χ1) is 8.26. The second-order valence-electron chi connectivity index (χ2n) is 4.05. The average molecular weight is 299 g/mol. The first kappa shape index (κ1) is 13.5. The van der Waals surface area contributed by atoms with Crippen LogP contribution in [0.2, 0.25) is 0 Å². The third-order valence-corrected chi connectivity index (χ3v) is 3.88. The summed E-state index contributed by atoms with van der Waals surface area (Å²) in [5.74, 6) is -4.15. The van der Waals surface area contributed by atoms with Crippen LogP contribution in [0.4, 0.5) is 13.2 Å². The zero-order chi connectivity index (χ0) is 13.7. The van der Waals surface area contributed by atoms with Crippen molar-refractivity contribution in [2.24, 2.45) is 5.92 Å². The standard InChI is InChI=1S/C11H7Cl2F3O2/c12-11(13)7(8(11)10(17)18)4-1-2-5(9(15)16)6(14)3-4/h1-3,7-9H,(H,17,18)/t7?,8-/m0/s1. The van der Waals surface area contributed by atoms with E-state index in [1.54, 1.807) is 0 Å². The molecular weight excluding hydrogens is 292 g/mol. The number of benzene rings is 1. The fourth-order valence-corrected chi connectivity index (χ4v) is 2.78. The maximum absolute atomic E-state index is 13.4. The summed E-state index contributed by atoms with van der Waals surface area (Å²) in [5.41, 5.74) is -0.532. The van der Waals surface area contributed by atoms with Crippen molar-refractivity contribution in [2.45, 2.75) is 16.7 Å². The smallest absolute Gasteiger partial charge is 0.310 e. The molecule has 2 nitrogen and oxygen atoms in total. The van der Waals surface area contributed by atoms with Gasteiger partial charge in [0.05, 0.1) is 11.5 Å². The Labute approximate surface area is 110 Å². The molecule has 1 aromatic carbocycles. The number of aliphatic carboxylic acids is 1. The van der Waals surface area contributed by atoms with Crippen molar-refractivity contribution >= 4 is 29.2 Å². The number of hydrogen-bond acceptors (Lipinski definition) is 1. The SMILES string of the molecule is O=C(O)[C@@H]1C(c2ccc(C(F)F)c(F)c2)C1(Cl)Cl. The highest BCUT2D eigenvalue weighted by Gasteiger charge is 2.68. The minimum Gasteiger partial charge on any atom is -0.481 e. The third-order valence-electron chi connectivity index (χ3n) is 2.94. The van der Waals surface area contributed by atoms with Crippen LogP contribution >= 0.6 is 23.2 Å². The first-order valence-corrected chi connectivity index (χ1v) is 5.70. The number of alkyl halides is 4. The van der Waals surface area contributed by atoms with Crippen molar-refractivity contribution in [1.82, 2.24) is 0 Å². The normalized spacial score (nSPS) is 25.2. The Morgan fingerprint density at radius 2 is 2.00 bits per heavy atom. The van der Waals surface area contributed by atoms with Gasteiger partial charge in [-0.15, -0.1) is 0 Å². The summed E-state index contributed by atoms with van der Waals surface area (Å²) in [6.07, 6.45) is -2.93. The zero-order valence-electron chi connectivity index (χ0n) is 8.71. The van der Waals surface area contributed by atoms with E-state index in [9.17, 15) is 18.0 Å². The first-order valence-electron chi connectivity index (χ1n) is 4.95. The fourth-order valence-electron chi connectivity index (χ4n) is 1.96. The van der Waals surface area contributed by atoms with Crippen LogP contribution in [0.3, 0.4) is 0 Å². The number of carbonyl (C=O) groups is 1. The van der Waals surface area contributed by atoms with E-state index < -0.39 is 39.9 Å². The predicted molar refractivity (Wildman–Crippen MR) is 59.7 cm³/mol. The van der Waals surface area contributed by atoms with Crippen LogP contribution in [0.5, 0.6) is 0 Å². The van der Waals surface area contributed by atoms with Gasteiger partial charge in [-0.25, -0.2) is 13.2 Å². The highest BCUT2D eigenvalue weighted by atomic mass is 35.5. The van der Waals surface area contributed by atoms with E-state index in [0.29, 0.717) is 0 Å². The molecule has 2 atom stereocenters. The van der Waals surface area contributed by atoms with Gasteiger partial charge in [-0.3, -0.25) is 4.79 Å². The lowest BCUT2D eigenvalue weighted by molar-refractivity contribution is -0.138. The van der Waals surface area contributed by atoms with E-state index in [4.69, 9.17) is 28.3 Å². The number of rotatable bonds is 3. The van der Waals surface area contributed by atoms with Crippen molar-refractivity contribution in [3.05, 3.63) is 35.1 Å². The Morgan fingerprint density at radius 1 is 1.39 bits per heavy atom. The van der Waals surface area contributed by atoms with Crippen LogP contribution < -0.4 is 0 Å². The molecule has 0 aromatic heterocycles. The molecule has 0 radical (unpaired) electrons. The highest BCUT2D eigenvalue weighted by Crippen LogP contribution is 2.65. The molecule has 1 aromatic rings. The van der Waals surface area contributed by atoms with Gasteiger partial charge >= 0.3 is 5.97 Å². The Balaban J connectivity index is 2.32. The lowest BCUT2D eigenvalue weighted by Gasteiger charge is -2.05. The molecule has 0 spiro atoms. The van der Waals surface area contributed by atoms with Crippen LogP contribution in [0, 0.1) is 11.7 Å². The second-order valence-corrected chi connectivity index (χ2v) is 5.49. The summed E-state index contributed by atoms with van der Waals surface area (Å²) in [6.45, 7) is 0. The van der Waals surface area contributed by atoms with Crippen molar-refractivity contribution in [3.63, 3.8) is 0 Å². The van der Waals surface area contributed by atoms with Crippen LogP contribution in [-0.4, -0.2) is 15.4 Å². The van der Waals surface area contributed by atoms with Crippen LogP contribution in [0.25, 0.3) is 0 Å². The maximum atomic E-state index is 13.4. The molecule has 0 aliphatic heterocycles.